The molecule has 0 aromatic heterocycles. The van der Waals surface area contributed by atoms with Crippen LogP contribution in [-0.2, 0) is 0 Å². The molecule has 0 heteroatoms. The van der Waals surface area contributed by atoms with Crippen LogP contribution in [0.5, 0.6) is 0 Å². The summed E-state index contributed by atoms with van der Waals surface area (Å²) in [5, 5.41) is 0. The topological polar surface area (TPSA) is 0 Å². The van der Waals surface area contributed by atoms with Crippen LogP contribution < -0.4 is 0 Å². The molecule has 0 aromatic carbocycles. The zero-order valence-electron chi connectivity index (χ0n) is 7.52. The summed E-state index contributed by atoms with van der Waals surface area (Å²) in [6.45, 7) is 11.6. The van der Waals surface area contributed by atoms with Gasteiger partial charge in [0.05, 0.1) is 0 Å². The zero-order valence-corrected chi connectivity index (χ0v) is 7.52. The molecule has 0 rings (SSSR count). The third kappa shape index (κ3) is 10.3. The van der Waals surface area contributed by atoms with Crippen molar-refractivity contribution in [3.8, 4) is 0 Å². The first-order chi connectivity index (χ1) is 4.81. The number of hydrogen-bond donors (Lipinski definition) is 0. The Bertz CT molecular complexity index is 116. The van der Waals surface area contributed by atoms with E-state index in [2.05, 4.69) is 6.58 Å². The second kappa shape index (κ2) is 11.1. The SMILES string of the molecule is C=C/C(C)=C/C=C\C.CC. The molecule has 0 unspecified atom stereocenters. The van der Waals surface area contributed by atoms with Gasteiger partial charge in [0.25, 0.3) is 0 Å². The lowest BCUT2D eigenvalue weighted by Gasteiger charge is -1.81. The Kier molecular flexibility index (Phi) is 13.2. The molecule has 0 aliphatic carbocycles. The first kappa shape index (κ1) is 12.0. The van der Waals surface area contributed by atoms with E-state index in [-0.39, 0.29) is 0 Å². The molecule has 0 aliphatic heterocycles. The largest absolute Gasteiger partial charge is 0.0988 e. The van der Waals surface area contributed by atoms with Crippen molar-refractivity contribution in [3.63, 3.8) is 0 Å². The van der Waals surface area contributed by atoms with Gasteiger partial charge in [0.1, 0.15) is 0 Å². The summed E-state index contributed by atoms with van der Waals surface area (Å²) in [4.78, 5) is 0. The Morgan fingerprint density at radius 1 is 1.30 bits per heavy atom. The standard InChI is InChI=1S/C8H12.C2H6/c1-4-6-7-8(3)5-2;1-2/h4-7H,2H2,1,3H3;1-2H3/b6-4-,8-7+;. The van der Waals surface area contributed by atoms with Crippen LogP contribution in [0.4, 0.5) is 0 Å². The highest BCUT2D eigenvalue weighted by Crippen LogP contribution is 1.91. The monoisotopic (exact) mass is 138 g/mol. The fourth-order valence-electron chi connectivity index (χ4n) is 0.316. The Balaban J connectivity index is 0. The van der Waals surface area contributed by atoms with Crippen molar-refractivity contribution in [1.29, 1.82) is 0 Å². The maximum absolute atomic E-state index is 3.61. The third-order valence-electron chi connectivity index (χ3n) is 0.874. The summed E-state index contributed by atoms with van der Waals surface area (Å²) in [7, 11) is 0. The Labute approximate surface area is 65.0 Å². The first-order valence-electron chi connectivity index (χ1n) is 3.73. The van der Waals surface area contributed by atoms with Crippen molar-refractivity contribution in [2.45, 2.75) is 27.7 Å². The van der Waals surface area contributed by atoms with E-state index in [1.807, 2.05) is 52.0 Å². The molecule has 0 radical (unpaired) electrons. The van der Waals surface area contributed by atoms with Crippen LogP contribution in [0.15, 0.2) is 36.5 Å². The molecule has 0 aliphatic rings. The maximum atomic E-state index is 3.61. The molecule has 0 atom stereocenters. The highest BCUT2D eigenvalue weighted by atomic mass is 13.8. The average molecular weight is 138 g/mol. The van der Waals surface area contributed by atoms with E-state index in [4.69, 9.17) is 0 Å². The maximum Gasteiger partial charge on any atom is -0.0398 e. The van der Waals surface area contributed by atoms with Crippen LogP contribution in [0.25, 0.3) is 0 Å². The van der Waals surface area contributed by atoms with Gasteiger partial charge in [0, 0.05) is 0 Å². The molecule has 0 saturated carbocycles. The minimum Gasteiger partial charge on any atom is -0.0988 e. The molecule has 58 valence electrons. The van der Waals surface area contributed by atoms with E-state index < -0.39 is 0 Å². The first-order valence-corrected chi connectivity index (χ1v) is 3.73. The molecule has 0 amide bonds. The zero-order chi connectivity index (χ0) is 8.41. The Morgan fingerprint density at radius 2 is 1.80 bits per heavy atom. The number of allylic oxidation sites excluding steroid dienone is 5. The molecule has 0 bridgehead atoms. The van der Waals surface area contributed by atoms with Crippen LogP contribution in [0.1, 0.15) is 27.7 Å². The number of rotatable bonds is 2. The van der Waals surface area contributed by atoms with Crippen LogP contribution in [0, 0.1) is 0 Å². The Morgan fingerprint density at radius 3 is 2.10 bits per heavy atom. The summed E-state index contributed by atoms with van der Waals surface area (Å²) < 4.78 is 0. The van der Waals surface area contributed by atoms with Crippen LogP contribution in [0.2, 0.25) is 0 Å². The molecular weight excluding hydrogens is 120 g/mol. The third-order valence-corrected chi connectivity index (χ3v) is 0.874. The van der Waals surface area contributed by atoms with E-state index in [0.29, 0.717) is 0 Å². The van der Waals surface area contributed by atoms with Gasteiger partial charge in [0.15, 0.2) is 0 Å². The average Bonchev–Trinajstić information content (AvgIpc) is 2.04. The van der Waals surface area contributed by atoms with Crippen molar-refractivity contribution < 1.29 is 0 Å². The minimum absolute atomic E-state index is 1.20. The molecule has 10 heavy (non-hydrogen) atoms. The quantitative estimate of drug-likeness (QED) is 0.510. The normalized spacial score (nSPS) is 10.6. The van der Waals surface area contributed by atoms with E-state index >= 15 is 0 Å². The predicted octanol–water partition coefficient (Wildman–Crippen LogP) is 3.72. The van der Waals surface area contributed by atoms with E-state index in [0.717, 1.165) is 0 Å². The van der Waals surface area contributed by atoms with E-state index in [9.17, 15) is 0 Å². The molecule has 0 heterocycles. The Hall–Kier alpha value is -0.780. The second-order valence-electron chi connectivity index (χ2n) is 1.64. The lowest BCUT2D eigenvalue weighted by molar-refractivity contribution is 1.50. The summed E-state index contributed by atoms with van der Waals surface area (Å²) in [5.41, 5.74) is 1.20. The van der Waals surface area contributed by atoms with Crippen molar-refractivity contribution in [2.75, 3.05) is 0 Å². The highest BCUT2D eigenvalue weighted by Gasteiger charge is 1.70. The smallest absolute Gasteiger partial charge is 0.0398 e. The molecule has 0 aromatic rings. The molecular formula is C10H18. The van der Waals surface area contributed by atoms with Crippen LogP contribution >= 0.6 is 0 Å². The van der Waals surface area contributed by atoms with Gasteiger partial charge in [-0.25, -0.2) is 0 Å². The highest BCUT2D eigenvalue weighted by molar-refractivity contribution is 5.18. The number of hydrogen-bond acceptors (Lipinski definition) is 0. The molecule has 0 N–H and O–H groups in total. The van der Waals surface area contributed by atoms with Crippen LogP contribution in [-0.4, -0.2) is 0 Å². The fourth-order valence-corrected chi connectivity index (χ4v) is 0.316. The lowest BCUT2D eigenvalue weighted by atomic mass is 10.3. The van der Waals surface area contributed by atoms with Gasteiger partial charge in [0.2, 0.25) is 0 Å². The van der Waals surface area contributed by atoms with E-state index in [1.165, 1.54) is 5.57 Å². The molecule has 0 spiro atoms. The van der Waals surface area contributed by atoms with Gasteiger partial charge in [-0.05, 0) is 13.8 Å². The van der Waals surface area contributed by atoms with Crippen molar-refractivity contribution in [2.24, 2.45) is 0 Å². The summed E-state index contributed by atoms with van der Waals surface area (Å²) in [6.07, 6.45) is 7.84. The second-order valence-corrected chi connectivity index (χ2v) is 1.64. The minimum atomic E-state index is 1.20. The van der Waals surface area contributed by atoms with Gasteiger partial charge >= 0.3 is 0 Å². The van der Waals surface area contributed by atoms with E-state index in [1.54, 1.807) is 0 Å². The van der Waals surface area contributed by atoms with Crippen molar-refractivity contribution >= 4 is 0 Å². The summed E-state index contributed by atoms with van der Waals surface area (Å²) >= 11 is 0. The van der Waals surface area contributed by atoms with Gasteiger partial charge in [-0.1, -0.05) is 50.3 Å². The predicted molar refractivity (Wildman–Crippen MR) is 50.1 cm³/mol. The van der Waals surface area contributed by atoms with Gasteiger partial charge in [-0.3, -0.25) is 0 Å². The molecule has 0 saturated heterocycles. The fraction of sp³-hybridized carbons (Fsp3) is 0.400. The van der Waals surface area contributed by atoms with Gasteiger partial charge in [-0.15, -0.1) is 0 Å². The molecule has 0 fully saturated rings. The van der Waals surface area contributed by atoms with Crippen molar-refractivity contribution in [3.05, 3.63) is 36.5 Å². The van der Waals surface area contributed by atoms with Crippen LogP contribution in [0.3, 0.4) is 0 Å². The summed E-state index contributed by atoms with van der Waals surface area (Å²) in [6, 6.07) is 0. The lowest BCUT2D eigenvalue weighted by Crippen LogP contribution is -1.60. The van der Waals surface area contributed by atoms with Gasteiger partial charge in [-0.2, -0.15) is 0 Å². The molecule has 0 nitrogen and oxygen atoms in total. The van der Waals surface area contributed by atoms with Gasteiger partial charge < -0.3 is 0 Å². The summed E-state index contributed by atoms with van der Waals surface area (Å²) in [5.74, 6) is 0. The van der Waals surface area contributed by atoms with Crippen molar-refractivity contribution in [1.82, 2.24) is 0 Å².